The highest BCUT2D eigenvalue weighted by Crippen LogP contribution is 2.29. The quantitative estimate of drug-likeness (QED) is 0.375. The Bertz CT molecular complexity index is 1280. The summed E-state index contributed by atoms with van der Waals surface area (Å²) >= 11 is 1.64. The first-order valence-electron chi connectivity index (χ1n) is 12.1. The van der Waals surface area contributed by atoms with Gasteiger partial charge in [0.05, 0.1) is 12.1 Å². The van der Waals surface area contributed by atoms with E-state index in [4.69, 9.17) is 4.98 Å². The molecule has 6 nitrogen and oxygen atoms in total. The van der Waals surface area contributed by atoms with Crippen molar-refractivity contribution in [1.29, 1.82) is 0 Å². The Morgan fingerprint density at radius 3 is 2.57 bits per heavy atom. The molecular weight excluding hydrogens is 454 g/mol. The summed E-state index contributed by atoms with van der Waals surface area (Å²) in [5, 5.41) is 4.20. The number of hydrogen-bond donors (Lipinski definition) is 1. The lowest BCUT2D eigenvalue weighted by Crippen LogP contribution is -2.40. The first kappa shape index (κ1) is 23.2. The van der Waals surface area contributed by atoms with Gasteiger partial charge >= 0.3 is 0 Å². The van der Waals surface area contributed by atoms with Crippen LogP contribution in [-0.2, 0) is 17.6 Å². The van der Waals surface area contributed by atoms with Crippen molar-refractivity contribution in [1.82, 2.24) is 19.9 Å². The van der Waals surface area contributed by atoms with Crippen LogP contribution in [0.1, 0.15) is 46.3 Å². The van der Waals surface area contributed by atoms with Crippen LogP contribution in [0.25, 0.3) is 0 Å². The second kappa shape index (κ2) is 10.8. The summed E-state index contributed by atoms with van der Waals surface area (Å²) in [6, 6.07) is 22.4. The summed E-state index contributed by atoms with van der Waals surface area (Å²) in [5.41, 5.74) is 3.31. The molecule has 0 bridgehead atoms. The summed E-state index contributed by atoms with van der Waals surface area (Å²) in [4.78, 5) is 30.0. The van der Waals surface area contributed by atoms with Gasteiger partial charge in [0.1, 0.15) is 11.6 Å². The van der Waals surface area contributed by atoms with Crippen molar-refractivity contribution in [2.75, 3.05) is 18.4 Å². The van der Waals surface area contributed by atoms with Crippen molar-refractivity contribution in [2.24, 2.45) is 0 Å². The minimum Gasteiger partial charge on any atom is -0.342 e. The van der Waals surface area contributed by atoms with E-state index in [0.29, 0.717) is 13.0 Å². The highest BCUT2D eigenvalue weighted by molar-refractivity contribution is 7.15. The number of likely N-dealkylation sites (tertiary alicyclic amines) is 1. The highest BCUT2D eigenvalue weighted by Gasteiger charge is 2.26. The second-order valence-electron chi connectivity index (χ2n) is 8.99. The molecule has 7 heteroatoms. The Morgan fingerprint density at radius 2 is 1.80 bits per heavy atom. The number of anilines is 2. The predicted molar refractivity (Wildman–Crippen MR) is 140 cm³/mol. The van der Waals surface area contributed by atoms with E-state index in [9.17, 15) is 4.79 Å². The van der Waals surface area contributed by atoms with Gasteiger partial charge < -0.3 is 10.2 Å². The molecule has 3 heterocycles. The van der Waals surface area contributed by atoms with Crippen LogP contribution >= 0.6 is 11.3 Å². The molecule has 0 aliphatic carbocycles. The fraction of sp³-hybridized carbons (Fsp3) is 0.286. The molecule has 2 aromatic carbocycles. The summed E-state index contributed by atoms with van der Waals surface area (Å²) in [6.45, 7) is 3.42. The average molecular weight is 484 g/mol. The molecule has 0 saturated carbocycles. The number of amides is 1. The minimum absolute atomic E-state index is 0.179. The normalized spacial score (nSPS) is 15.7. The first-order valence-corrected chi connectivity index (χ1v) is 12.9. The number of carbonyl (C=O) groups is 1. The van der Waals surface area contributed by atoms with Gasteiger partial charge in [-0.05, 0) is 30.9 Å². The zero-order valence-electron chi connectivity index (χ0n) is 19.9. The Hall–Kier alpha value is -3.58. The summed E-state index contributed by atoms with van der Waals surface area (Å²) < 4.78 is 0. The molecule has 35 heavy (non-hydrogen) atoms. The Balaban J connectivity index is 1.25. The third kappa shape index (κ3) is 6.11. The number of piperidine rings is 1. The zero-order valence-corrected chi connectivity index (χ0v) is 20.7. The number of nitrogens with one attached hydrogen (secondary N) is 1. The van der Waals surface area contributed by atoms with Crippen LogP contribution in [0, 0.1) is 6.92 Å². The molecule has 1 fully saturated rings. The van der Waals surface area contributed by atoms with Gasteiger partial charge in [-0.15, -0.1) is 11.3 Å². The van der Waals surface area contributed by atoms with Gasteiger partial charge in [0, 0.05) is 42.6 Å². The van der Waals surface area contributed by atoms with Crippen LogP contribution in [0.15, 0.2) is 72.9 Å². The summed E-state index contributed by atoms with van der Waals surface area (Å²) in [6.07, 6.45) is 5.23. The van der Waals surface area contributed by atoms with Crippen LogP contribution in [0.3, 0.4) is 0 Å². The average Bonchev–Trinajstić information content (AvgIpc) is 3.31. The lowest BCUT2D eigenvalue weighted by Gasteiger charge is -2.32. The van der Waals surface area contributed by atoms with Gasteiger partial charge in [0.15, 0.2) is 5.13 Å². The molecule has 5 rings (SSSR count). The largest absolute Gasteiger partial charge is 0.342 e. The molecular formula is C28H29N5OS. The molecule has 2 aromatic heterocycles. The number of thiazole rings is 1. The van der Waals surface area contributed by atoms with E-state index in [-0.39, 0.29) is 11.8 Å². The molecule has 1 unspecified atom stereocenters. The monoisotopic (exact) mass is 483 g/mol. The number of benzene rings is 2. The maximum Gasteiger partial charge on any atom is 0.227 e. The highest BCUT2D eigenvalue weighted by atomic mass is 32.1. The van der Waals surface area contributed by atoms with Crippen LogP contribution in [0.2, 0.25) is 0 Å². The molecule has 0 spiro atoms. The molecule has 1 aliphatic heterocycles. The Kier molecular flexibility index (Phi) is 7.14. The molecule has 178 valence electrons. The smallest absolute Gasteiger partial charge is 0.227 e. The zero-order chi connectivity index (χ0) is 24.0. The van der Waals surface area contributed by atoms with Crippen molar-refractivity contribution in [2.45, 2.75) is 38.5 Å². The van der Waals surface area contributed by atoms with E-state index in [1.54, 1.807) is 11.3 Å². The van der Waals surface area contributed by atoms with E-state index in [2.05, 4.69) is 39.6 Å². The lowest BCUT2D eigenvalue weighted by atomic mass is 9.94. The van der Waals surface area contributed by atoms with Gasteiger partial charge in [-0.1, -0.05) is 60.7 Å². The van der Waals surface area contributed by atoms with Gasteiger partial charge in [-0.3, -0.25) is 4.79 Å². The van der Waals surface area contributed by atoms with E-state index < -0.39 is 0 Å². The van der Waals surface area contributed by atoms with Crippen molar-refractivity contribution >= 4 is 28.2 Å². The first-order chi connectivity index (χ1) is 17.1. The SMILES string of the molecule is Cc1nc(Nc2ncc(Cc3ccccc3)s2)cc(C2CCCN(C(=O)Cc3ccccc3)C2)n1. The number of hydrogen-bond acceptors (Lipinski definition) is 6. The summed E-state index contributed by atoms with van der Waals surface area (Å²) in [5.74, 6) is 1.86. The maximum atomic E-state index is 12.9. The lowest BCUT2D eigenvalue weighted by molar-refractivity contribution is -0.131. The molecule has 1 saturated heterocycles. The number of nitrogens with zero attached hydrogens (tertiary/aromatic N) is 4. The predicted octanol–water partition coefficient (Wildman–Crippen LogP) is 5.52. The van der Waals surface area contributed by atoms with Crippen molar-refractivity contribution in [3.63, 3.8) is 0 Å². The molecule has 1 atom stereocenters. The molecule has 0 radical (unpaired) electrons. The molecule has 1 aliphatic rings. The maximum absolute atomic E-state index is 12.9. The standard InChI is InChI=1S/C28H29N5OS/c1-20-30-25(23-13-8-14-33(19-23)27(34)16-22-11-6-3-7-12-22)17-26(31-20)32-28-29-18-24(35-28)15-21-9-4-2-5-10-21/h2-7,9-12,17-18,23H,8,13-16,19H2,1H3,(H,29,30,31,32). The third-order valence-electron chi connectivity index (χ3n) is 6.26. The van der Waals surface area contributed by atoms with Crippen molar-refractivity contribution in [3.05, 3.63) is 100 Å². The molecule has 1 amide bonds. The van der Waals surface area contributed by atoms with E-state index in [1.165, 1.54) is 10.4 Å². The summed E-state index contributed by atoms with van der Waals surface area (Å²) in [7, 11) is 0. The number of aryl methyl sites for hydroxylation is 1. The van der Waals surface area contributed by atoms with Crippen LogP contribution in [0.5, 0.6) is 0 Å². The number of carbonyl (C=O) groups excluding carboxylic acids is 1. The fourth-order valence-corrected chi connectivity index (χ4v) is 5.40. The van der Waals surface area contributed by atoms with Crippen LogP contribution in [0.4, 0.5) is 10.9 Å². The third-order valence-corrected chi connectivity index (χ3v) is 7.17. The second-order valence-corrected chi connectivity index (χ2v) is 10.1. The van der Waals surface area contributed by atoms with Gasteiger partial charge in [-0.2, -0.15) is 0 Å². The van der Waals surface area contributed by atoms with Gasteiger partial charge in [0.2, 0.25) is 5.91 Å². The number of aromatic nitrogens is 3. The Morgan fingerprint density at radius 1 is 1.06 bits per heavy atom. The number of rotatable bonds is 7. The minimum atomic E-state index is 0.179. The van der Waals surface area contributed by atoms with Gasteiger partial charge in [-0.25, -0.2) is 15.0 Å². The van der Waals surface area contributed by atoms with Crippen molar-refractivity contribution < 1.29 is 4.79 Å². The van der Waals surface area contributed by atoms with Gasteiger partial charge in [0.25, 0.3) is 0 Å². The topological polar surface area (TPSA) is 71.0 Å². The molecule has 4 aromatic rings. The Labute approximate surface area is 210 Å². The van der Waals surface area contributed by atoms with Crippen LogP contribution in [-0.4, -0.2) is 38.8 Å². The van der Waals surface area contributed by atoms with Crippen LogP contribution < -0.4 is 5.32 Å². The van der Waals surface area contributed by atoms with E-state index in [1.807, 2.05) is 60.5 Å². The fourth-order valence-electron chi connectivity index (χ4n) is 4.54. The molecule has 1 N–H and O–H groups in total. The van der Waals surface area contributed by atoms with E-state index >= 15 is 0 Å². The van der Waals surface area contributed by atoms with E-state index in [0.717, 1.165) is 53.8 Å². The van der Waals surface area contributed by atoms with Crippen molar-refractivity contribution in [3.8, 4) is 0 Å².